The molecule has 0 saturated heterocycles. The number of aryl methyl sites for hydroxylation is 2. The van der Waals surface area contributed by atoms with Gasteiger partial charge in [-0.2, -0.15) is 0 Å². The Labute approximate surface area is 139 Å². The molecule has 0 spiro atoms. The number of sulfonamides is 1. The summed E-state index contributed by atoms with van der Waals surface area (Å²) < 4.78 is 29.9. The molecule has 0 atom stereocenters. The van der Waals surface area contributed by atoms with E-state index in [1.165, 1.54) is 12.1 Å². The van der Waals surface area contributed by atoms with Gasteiger partial charge in [-0.25, -0.2) is 13.2 Å². The van der Waals surface area contributed by atoms with Gasteiger partial charge in [0, 0.05) is 18.6 Å². The number of carboxylic acid groups (broad SMARTS) is 1. The summed E-state index contributed by atoms with van der Waals surface area (Å²) in [6.45, 7) is 1.66. The molecule has 2 aromatic carbocycles. The number of anilines is 1. The number of benzene rings is 2. The number of aromatic nitrogens is 1. The molecule has 0 aliphatic heterocycles. The Hall–Kier alpha value is -2.80. The van der Waals surface area contributed by atoms with Crippen LogP contribution in [0, 0.1) is 6.92 Å². The minimum atomic E-state index is -3.95. The summed E-state index contributed by atoms with van der Waals surface area (Å²) in [7, 11) is -2.18. The molecule has 0 aliphatic carbocycles. The predicted molar refractivity (Wildman–Crippen MR) is 91.9 cm³/mol. The van der Waals surface area contributed by atoms with Gasteiger partial charge in [0.2, 0.25) is 0 Å². The van der Waals surface area contributed by atoms with Gasteiger partial charge in [-0.3, -0.25) is 4.72 Å². The Balaban J connectivity index is 2.17. The van der Waals surface area contributed by atoms with Crippen LogP contribution in [0.1, 0.15) is 15.9 Å². The summed E-state index contributed by atoms with van der Waals surface area (Å²) in [6.07, 6.45) is 1.78. The van der Waals surface area contributed by atoms with Crippen LogP contribution in [0.5, 0.6) is 0 Å². The number of para-hydroxylation sites is 2. The van der Waals surface area contributed by atoms with E-state index in [1.54, 1.807) is 42.9 Å². The lowest BCUT2D eigenvalue weighted by Crippen LogP contribution is -2.17. The quantitative estimate of drug-likeness (QED) is 0.761. The second-order valence-corrected chi connectivity index (χ2v) is 7.18. The maximum Gasteiger partial charge on any atom is 0.337 e. The van der Waals surface area contributed by atoms with Crippen LogP contribution >= 0.6 is 0 Å². The van der Waals surface area contributed by atoms with E-state index in [-0.39, 0.29) is 16.1 Å². The van der Waals surface area contributed by atoms with Gasteiger partial charge < -0.3 is 9.67 Å². The zero-order chi connectivity index (χ0) is 17.5. The first kappa shape index (κ1) is 16.1. The van der Waals surface area contributed by atoms with Crippen molar-refractivity contribution in [2.75, 3.05) is 4.72 Å². The Morgan fingerprint density at radius 2 is 1.83 bits per heavy atom. The third-order valence-corrected chi connectivity index (χ3v) is 5.27. The molecule has 124 valence electrons. The topological polar surface area (TPSA) is 88.4 Å². The molecule has 24 heavy (non-hydrogen) atoms. The smallest absolute Gasteiger partial charge is 0.337 e. The molecule has 1 aromatic heterocycles. The van der Waals surface area contributed by atoms with Gasteiger partial charge >= 0.3 is 5.97 Å². The van der Waals surface area contributed by atoms with Gasteiger partial charge in [-0.1, -0.05) is 24.3 Å². The van der Waals surface area contributed by atoms with Crippen molar-refractivity contribution >= 4 is 32.6 Å². The maximum absolute atomic E-state index is 12.9. The highest BCUT2D eigenvalue weighted by Gasteiger charge is 2.22. The molecule has 3 rings (SSSR count). The number of nitrogens with zero attached hydrogens (tertiary/aromatic N) is 1. The lowest BCUT2D eigenvalue weighted by Gasteiger charge is -2.14. The first-order valence-electron chi connectivity index (χ1n) is 7.21. The second kappa shape index (κ2) is 5.68. The fraction of sp³-hybridized carbons (Fsp3) is 0.118. The van der Waals surface area contributed by atoms with E-state index in [0.717, 1.165) is 5.39 Å². The molecule has 0 fully saturated rings. The number of fused-ring (bicyclic) bond motifs is 1. The van der Waals surface area contributed by atoms with E-state index in [0.29, 0.717) is 11.1 Å². The van der Waals surface area contributed by atoms with Crippen LogP contribution in [0.4, 0.5) is 5.69 Å². The highest BCUT2D eigenvalue weighted by atomic mass is 32.2. The number of aromatic carboxylic acids is 1. The van der Waals surface area contributed by atoms with E-state index < -0.39 is 16.0 Å². The molecule has 1 heterocycles. The van der Waals surface area contributed by atoms with Crippen LogP contribution in [0.15, 0.2) is 53.6 Å². The highest BCUT2D eigenvalue weighted by molar-refractivity contribution is 7.93. The van der Waals surface area contributed by atoms with Gasteiger partial charge in [0.25, 0.3) is 10.0 Å². The molecule has 0 bridgehead atoms. The van der Waals surface area contributed by atoms with Crippen molar-refractivity contribution in [3.05, 3.63) is 59.8 Å². The van der Waals surface area contributed by atoms with E-state index in [9.17, 15) is 18.3 Å². The summed E-state index contributed by atoms with van der Waals surface area (Å²) in [5, 5.41) is 10.1. The van der Waals surface area contributed by atoms with Crippen LogP contribution < -0.4 is 4.72 Å². The summed E-state index contributed by atoms with van der Waals surface area (Å²) in [5.74, 6) is -1.19. The van der Waals surface area contributed by atoms with Crippen molar-refractivity contribution in [1.82, 2.24) is 4.57 Å². The first-order valence-corrected chi connectivity index (χ1v) is 8.69. The zero-order valence-corrected chi connectivity index (χ0v) is 14.0. The third-order valence-electron chi connectivity index (χ3n) is 3.89. The largest absolute Gasteiger partial charge is 0.478 e. The fourth-order valence-electron chi connectivity index (χ4n) is 2.71. The predicted octanol–water partition coefficient (Wildman–Crippen LogP) is 2.99. The van der Waals surface area contributed by atoms with Crippen molar-refractivity contribution < 1.29 is 18.3 Å². The Bertz CT molecular complexity index is 1050. The molecule has 7 heteroatoms. The lowest BCUT2D eigenvalue weighted by atomic mass is 10.1. The number of nitrogens with one attached hydrogen (secondary N) is 1. The SMILES string of the molecule is Cc1cccc(C(=O)O)c1NS(=O)(=O)c1cccc2ccn(C)c12. The summed E-state index contributed by atoms with van der Waals surface area (Å²) in [6, 6.07) is 11.4. The molecule has 2 N–H and O–H groups in total. The van der Waals surface area contributed by atoms with E-state index in [1.807, 2.05) is 12.1 Å². The summed E-state index contributed by atoms with van der Waals surface area (Å²) in [5.41, 5.74) is 1.10. The van der Waals surface area contributed by atoms with E-state index >= 15 is 0 Å². The van der Waals surface area contributed by atoms with Gasteiger partial charge in [-0.05, 0) is 30.7 Å². The number of rotatable bonds is 4. The monoisotopic (exact) mass is 344 g/mol. The van der Waals surface area contributed by atoms with Crippen molar-refractivity contribution in [3.8, 4) is 0 Å². The number of carbonyl (C=O) groups is 1. The Morgan fingerprint density at radius 1 is 1.12 bits per heavy atom. The van der Waals surface area contributed by atoms with Crippen molar-refractivity contribution in [2.24, 2.45) is 7.05 Å². The molecule has 0 radical (unpaired) electrons. The first-order chi connectivity index (χ1) is 11.3. The summed E-state index contributed by atoms with van der Waals surface area (Å²) >= 11 is 0. The minimum absolute atomic E-state index is 0.0798. The summed E-state index contributed by atoms with van der Waals surface area (Å²) in [4.78, 5) is 11.5. The number of hydrogen-bond acceptors (Lipinski definition) is 3. The van der Waals surface area contributed by atoms with Crippen LogP contribution in [-0.2, 0) is 17.1 Å². The molecule has 0 amide bonds. The van der Waals surface area contributed by atoms with E-state index in [4.69, 9.17) is 0 Å². The van der Waals surface area contributed by atoms with Crippen molar-refractivity contribution in [3.63, 3.8) is 0 Å². The van der Waals surface area contributed by atoms with Crippen molar-refractivity contribution in [1.29, 1.82) is 0 Å². The zero-order valence-electron chi connectivity index (χ0n) is 13.1. The lowest BCUT2D eigenvalue weighted by molar-refractivity contribution is 0.0698. The normalized spacial score (nSPS) is 11.6. The standard InChI is InChI=1S/C17H16N2O4S/c1-11-5-3-7-13(17(20)21)15(11)18-24(22,23)14-8-4-6-12-9-10-19(2)16(12)14/h3-10,18H,1-2H3,(H,20,21). The highest BCUT2D eigenvalue weighted by Crippen LogP contribution is 2.28. The van der Waals surface area contributed by atoms with Gasteiger partial charge in [0.05, 0.1) is 16.8 Å². The molecule has 0 unspecified atom stereocenters. The van der Waals surface area contributed by atoms with E-state index in [2.05, 4.69) is 4.72 Å². The number of hydrogen-bond donors (Lipinski definition) is 2. The van der Waals surface area contributed by atoms with Gasteiger partial charge in [-0.15, -0.1) is 0 Å². The average Bonchev–Trinajstić information content (AvgIpc) is 2.90. The second-order valence-electron chi connectivity index (χ2n) is 5.53. The average molecular weight is 344 g/mol. The van der Waals surface area contributed by atoms with Crippen LogP contribution in [-0.4, -0.2) is 24.1 Å². The Morgan fingerprint density at radius 3 is 2.54 bits per heavy atom. The fourth-order valence-corrected chi connectivity index (χ4v) is 4.13. The van der Waals surface area contributed by atoms with Crippen molar-refractivity contribution in [2.45, 2.75) is 11.8 Å². The van der Waals surface area contributed by atoms with Gasteiger partial charge in [0.15, 0.2) is 0 Å². The molecule has 0 aliphatic rings. The van der Waals surface area contributed by atoms with Crippen LogP contribution in [0.2, 0.25) is 0 Å². The molecule has 6 nitrogen and oxygen atoms in total. The van der Waals surface area contributed by atoms with Crippen LogP contribution in [0.3, 0.4) is 0 Å². The minimum Gasteiger partial charge on any atom is -0.478 e. The molecular weight excluding hydrogens is 328 g/mol. The van der Waals surface area contributed by atoms with Gasteiger partial charge in [0.1, 0.15) is 4.90 Å². The molecular formula is C17H16N2O4S. The Kier molecular flexibility index (Phi) is 3.81. The van der Waals surface area contributed by atoms with Crippen LogP contribution in [0.25, 0.3) is 10.9 Å². The molecule has 0 saturated carbocycles. The third kappa shape index (κ3) is 2.63. The maximum atomic E-state index is 12.9. The number of carboxylic acids is 1. The molecule has 3 aromatic rings.